The first kappa shape index (κ1) is 9.71. The molecule has 3 heteroatoms. The van der Waals surface area contributed by atoms with Crippen LogP contribution in [0.15, 0.2) is 24.4 Å². The second kappa shape index (κ2) is 3.56. The Morgan fingerprint density at radius 3 is 2.54 bits per heavy atom. The van der Waals surface area contributed by atoms with Crippen LogP contribution in [0.5, 0.6) is 0 Å². The summed E-state index contributed by atoms with van der Waals surface area (Å²) in [7, 11) is 0. The third-order valence-electron chi connectivity index (χ3n) is 1.60. The van der Waals surface area contributed by atoms with Crippen molar-refractivity contribution in [3.63, 3.8) is 0 Å². The van der Waals surface area contributed by atoms with Crippen LogP contribution in [0.1, 0.15) is 26.5 Å². The normalized spacial score (nSPS) is 13.0. The van der Waals surface area contributed by atoms with Gasteiger partial charge in [0, 0.05) is 27.0 Å². The van der Waals surface area contributed by atoms with Gasteiger partial charge in [-0.15, -0.1) is 0 Å². The predicted molar refractivity (Wildman–Crippen MR) is 52.8 cm³/mol. The van der Waals surface area contributed by atoms with Crippen LogP contribution in [0.4, 0.5) is 0 Å². The maximum Gasteiger partial charge on any atom is 0.200 e. The number of hydroxylamine groups is 1. The van der Waals surface area contributed by atoms with Crippen molar-refractivity contribution in [3.8, 4) is 0 Å². The van der Waals surface area contributed by atoms with Crippen molar-refractivity contribution >= 4 is 6.21 Å². The summed E-state index contributed by atoms with van der Waals surface area (Å²) >= 11 is 0. The Balaban J connectivity index is 2.90. The summed E-state index contributed by atoms with van der Waals surface area (Å²) in [4.78, 5) is 4.04. The molecule has 1 rings (SSSR count). The van der Waals surface area contributed by atoms with Crippen molar-refractivity contribution in [2.24, 2.45) is 0 Å². The number of nitrogens with zero attached hydrogens (tertiary/aromatic N) is 2. The lowest BCUT2D eigenvalue weighted by Crippen LogP contribution is -2.29. The Kier molecular flexibility index (Phi) is 2.66. The highest BCUT2D eigenvalue weighted by molar-refractivity contribution is 5.72. The summed E-state index contributed by atoms with van der Waals surface area (Å²) < 4.78 is 0.912. The largest absolute Gasteiger partial charge is 0.623 e. The van der Waals surface area contributed by atoms with Crippen molar-refractivity contribution < 1.29 is 4.74 Å². The van der Waals surface area contributed by atoms with Crippen LogP contribution in [-0.4, -0.2) is 21.5 Å². The Hall–Kier alpha value is -1.38. The van der Waals surface area contributed by atoms with E-state index >= 15 is 0 Å². The van der Waals surface area contributed by atoms with E-state index in [0.29, 0.717) is 5.69 Å². The minimum Gasteiger partial charge on any atom is -0.623 e. The lowest BCUT2D eigenvalue weighted by atomic mass is 10.1. The van der Waals surface area contributed by atoms with Crippen molar-refractivity contribution in [1.82, 2.24) is 4.98 Å². The standard InChI is InChI=1S/C10H14N2O/c1-10(2,3)12(13)8-9-6-4-5-7-11-9/h4-8H,1-3H3/b12-8-. The SMILES string of the molecule is CC(C)(C)/[N+]([O-])=C/c1ccccn1. The van der Waals surface area contributed by atoms with Crippen molar-refractivity contribution in [1.29, 1.82) is 0 Å². The molecule has 13 heavy (non-hydrogen) atoms. The molecule has 0 radical (unpaired) electrons. The molecule has 3 nitrogen and oxygen atoms in total. The molecule has 0 bridgehead atoms. The molecule has 0 N–H and O–H groups in total. The average molecular weight is 178 g/mol. The van der Waals surface area contributed by atoms with E-state index in [4.69, 9.17) is 0 Å². The van der Waals surface area contributed by atoms with E-state index < -0.39 is 5.54 Å². The summed E-state index contributed by atoms with van der Waals surface area (Å²) in [6, 6.07) is 5.48. The molecule has 0 amide bonds. The van der Waals surface area contributed by atoms with Gasteiger partial charge in [-0.25, -0.2) is 4.74 Å². The number of hydrogen-bond donors (Lipinski definition) is 0. The lowest BCUT2D eigenvalue weighted by molar-refractivity contribution is -0.530. The molecule has 0 aliphatic carbocycles. The van der Waals surface area contributed by atoms with E-state index in [0.717, 1.165) is 4.74 Å². The fourth-order valence-electron chi connectivity index (χ4n) is 0.766. The van der Waals surface area contributed by atoms with Gasteiger partial charge in [0.15, 0.2) is 5.54 Å². The van der Waals surface area contributed by atoms with E-state index in [9.17, 15) is 5.21 Å². The molecule has 1 aromatic heterocycles. The molecule has 70 valence electrons. The summed E-state index contributed by atoms with van der Waals surface area (Å²) in [5.74, 6) is 0. The Morgan fingerprint density at radius 2 is 2.08 bits per heavy atom. The topological polar surface area (TPSA) is 39.0 Å². The number of aromatic nitrogens is 1. The zero-order valence-corrected chi connectivity index (χ0v) is 8.19. The molecule has 0 aliphatic heterocycles. The zero-order valence-electron chi connectivity index (χ0n) is 8.19. The molecule has 1 heterocycles. The number of pyridine rings is 1. The number of hydrogen-bond acceptors (Lipinski definition) is 2. The molecule has 0 saturated carbocycles. The van der Waals surface area contributed by atoms with Crippen molar-refractivity contribution in [2.75, 3.05) is 0 Å². The third kappa shape index (κ3) is 2.86. The van der Waals surface area contributed by atoms with Crippen LogP contribution in [-0.2, 0) is 0 Å². The number of rotatable bonds is 1. The predicted octanol–water partition coefficient (Wildman–Crippen LogP) is 1.81. The Morgan fingerprint density at radius 1 is 1.38 bits per heavy atom. The van der Waals surface area contributed by atoms with Crippen LogP contribution in [0, 0.1) is 5.21 Å². The second-order valence-corrected chi connectivity index (χ2v) is 3.88. The maximum atomic E-state index is 11.5. The third-order valence-corrected chi connectivity index (χ3v) is 1.60. The molecular weight excluding hydrogens is 164 g/mol. The van der Waals surface area contributed by atoms with E-state index in [1.54, 1.807) is 12.3 Å². The van der Waals surface area contributed by atoms with E-state index in [-0.39, 0.29) is 0 Å². The fraction of sp³-hybridized carbons (Fsp3) is 0.400. The van der Waals surface area contributed by atoms with Gasteiger partial charge in [-0.1, -0.05) is 6.07 Å². The average Bonchev–Trinajstić information content (AvgIpc) is 2.04. The second-order valence-electron chi connectivity index (χ2n) is 3.88. The smallest absolute Gasteiger partial charge is 0.200 e. The summed E-state index contributed by atoms with van der Waals surface area (Å²) in [5, 5.41) is 11.5. The lowest BCUT2D eigenvalue weighted by Gasteiger charge is -2.18. The highest BCUT2D eigenvalue weighted by atomic mass is 16.5. The summed E-state index contributed by atoms with van der Waals surface area (Å²) in [5.41, 5.74) is 0.282. The molecule has 0 fully saturated rings. The first-order chi connectivity index (χ1) is 6.00. The minimum atomic E-state index is -0.405. The van der Waals surface area contributed by atoms with Crippen molar-refractivity contribution in [2.45, 2.75) is 26.3 Å². The van der Waals surface area contributed by atoms with Gasteiger partial charge in [-0.3, -0.25) is 4.98 Å². The van der Waals surface area contributed by atoms with Gasteiger partial charge in [0.2, 0.25) is 6.21 Å². The first-order valence-electron chi connectivity index (χ1n) is 4.22. The Labute approximate surface area is 78.3 Å². The van der Waals surface area contributed by atoms with Gasteiger partial charge in [0.25, 0.3) is 0 Å². The molecule has 1 aromatic rings. The fourth-order valence-corrected chi connectivity index (χ4v) is 0.766. The van der Waals surface area contributed by atoms with Gasteiger partial charge < -0.3 is 5.21 Å². The van der Waals surface area contributed by atoms with Gasteiger partial charge >= 0.3 is 0 Å². The van der Waals surface area contributed by atoms with Crippen LogP contribution >= 0.6 is 0 Å². The van der Waals surface area contributed by atoms with Gasteiger partial charge in [0.1, 0.15) is 5.69 Å². The van der Waals surface area contributed by atoms with Gasteiger partial charge in [-0.2, -0.15) is 0 Å². The molecule has 0 saturated heterocycles. The molecule has 0 unspecified atom stereocenters. The molecule has 0 aromatic carbocycles. The van der Waals surface area contributed by atoms with Crippen LogP contribution in [0.2, 0.25) is 0 Å². The van der Waals surface area contributed by atoms with E-state index in [1.807, 2.05) is 32.9 Å². The highest BCUT2D eigenvalue weighted by Crippen LogP contribution is 2.05. The van der Waals surface area contributed by atoms with Crippen LogP contribution < -0.4 is 0 Å². The first-order valence-corrected chi connectivity index (χ1v) is 4.22. The maximum absolute atomic E-state index is 11.5. The van der Waals surface area contributed by atoms with Gasteiger partial charge in [0.05, 0.1) is 0 Å². The monoisotopic (exact) mass is 178 g/mol. The van der Waals surface area contributed by atoms with Crippen LogP contribution in [0.3, 0.4) is 0 Å². The Bertz CT molecular complexity index is 298. The molecular formula is C10H14N2O. The van der Waals surface area contributed by atoms with Gasteiger partial charge in [-0.05, 0) is 12.1 Å². The van der Waals surface area contributed by atoms with Crippen molar-refractivity contribution in [3.05, 3.63) is 35.3 Å². The summed E-state index contributed by atoms with van der Waals surface area (Å²) in [6.45, 7) is 5.58. The van der Waals surface area contributed by atoms with Crippen LogP contribution in [0.25, 0.3) is 0 Å². The molecule has 0 aliphatic rings. The van der Waals surface area contributed by atoms with E-state index in [2.05, 4.69) is 4.98 Å². The molecule has 0 spiro atoms. The zero-order chi connectivity index (χ0) is 9.90. The minimum absolute atomic E-state index is 0.405. The quantitative estimate of drug-likeness (QED) is 0.285. The summed E-state index contributed by atoms with van der Waals surface area (Å²) in [6.07, 6.45) is 3.17. The molecule has 0 atom stereocenters. The van der Waals surface area contributed by atoms with E-state index in [1.165, 1.54) is 6.21 Å². The highest BCUT2D eigenvalue weighted by Gasteiger charge is 2.17.